The number of rotatable bonds is 4. The standard InChI is InChI=1S/C13H16F4N2O2S.ClH/c14-10-3-4-12(11(6-10)13(15,16)17)22(20,21)19-8-9-2-1-5-18-7-9;/h3-4,6,9,18-19H,1-2,5,7-8H2;1H. The van der Waals surface area contributed by atoms with Crippen molar-refractivity contribution in [3.05, 3.63) is 29.6 Å². The van der Waals surface area contributed by atoms with Gasteiger partial charge in [-0.15, -0.1) is 12.4 Å². The lowest BCUT2D eigenvalue weighted by molar-refractivity contribution is -0.140. The third kappa shape index (κ3) is 5.30. The number of hydrogen-bond acceptors (Lipinski definition) is 3. The van der Waals surface area contributed by atoms with Gasteiger partial charge in [0.1, 0.15) is 5.82 Å². The Morgan fingerprint density at radius 3 is 2.57 bits per heavy atom. The first-order valence-corrected chi connectivity index (χ1v) is 8.25. The molecule has 0 amide bonds. The fourth-order valence-electron chi connectivity index (χ4n) is 2.36. The molecule has 0 saturated carbocycles. The summed E-state index contributed by atoms with van der Waals surface area (Å²) in [7, 11) is -4.35. The summed E-state index contributed by atoms with van der Waals surface area (Å²) in [5.74, 6) is -1.11. The van der Waals surface area contributed by atoms with Crippen LogP contribution in [0, 0.1) is 11.7 Å². The van der Waals surface area contributed by atoms with E-state index in [-0.39, 0.29) is 30.9 Å². The zero-order valence-corrected chi connectivity index (χ0v) is 13.6. The third-order valence-corrected chi connectivity index (χ3v) is 4.98. The average Bonchev–Trinajstić information content (AvgIpc) is 2.45. The second-order valence-corrected chi connectivity index (χ2v) is 6.94. The van der Waals surface area contributed by atoms with E-state index in [4.69, 9.17) is 0 Å². The van der Waals surface area contributed by atoms with Crippen LogP contribution in [0.25, 0.3) is 0 Å². The molecule has 23 heavy (non-hydrogen) atoms. The van der Waals surface area contributed by atoms with Crippen LogP contribution in [0.1, 0.15) is 18.4 Å². The number of nitrogens with one attached hydrogen (secondary N) is 2. The van der Waals surface area contributed by atoms with Crippen LogP contribution in [-0.2, 0) is 16.2 Å². The summed E-state index contributed by atoms with van der Waals surface area (Å²) in [4.78, 5) is -0.954. The highest BCUT2D eigenvalue weighted by Crippen LogP contribution is 2.34. The maximum atomic E-state index is 13.0. The van der Waals surface area contributed by atoms with Gasteiger partial charge in [-0.2, -0.15) is 13.2 Å². The third-order valence-electron chi connectivity index (χ3n) is 3.50. The van der Waals surface area contributed by atoms with Gasteiger partial charge >= 0.3 is 6.18 Å². The minimum atomic E-state index is -4.95. The predicted molar refractivity (Wildman–Crippen MR) is 79.4 cm³/mol. The van der Waals surface area contributed by atoms with Crippen LogP contribution >= 0.6 is 12.4 Å². The van der Waals surface area contributed by atoms with Crippen LogP contribution in [0.15, 0.2) is 23.1 Å². The lowest BCUT2D eigenvalue weighted by atomic mass is 10.0. The van der Waals surface area contributed by atoms with Gasteiger partial charge in [-0.05, 0) is 50.0 Å². The molecule has 2 rings (SSSR count). The Balaban J connectivity index is 0.00000264. The Morgan fingerprint density at radius 1 is 1.30 bits per heavy atom. The number of piperidine rings is 1. The molecule has 0 aromatic heterocycles. The van der Waals surface area contributed by atoms with Gasteiger partial charge in [-0.3, -0.25) is 0 Å². The van der Waals surface area contributed by atoms with Crippen molar-refractivity contribution in [2.24, 2.45) is 5.92 Å². The zero-order valence-electron chi connectivity index (χ0n) is 12.0. The van der Waals surface area contributed by atoms with E-state index >= 15 is 0 Å². The van der Waals surface area contributed by atoms with E-state index in [0.29, 0.717) is 18.7 Å². The summed E-state index contributed by atoms with van der Waals surface area (Å²) in [5, 5.41) is 3.09. The van der Waals surface area contributed by atoms with Crippen LogP contribution in [0.2, 0.25) is 0 Å². The smallest absolute Gasteiger partial charge is 0.316 e. The van der Waals surface area contributed by atoms with Crippen molar-refractivity contribution < 1.29 is 26.0 Å². The molecule has 1 aliphatic heterocycles. The molecule has 1 heterocycles. The molecular formula is C13H17ClF4N2O2S. The second-order valence-electron chi connectivity index (χ2n) is 5.20. The molecule has 10 heteroatoms. The normalized spacial score (nSPS) is 19.2. The first-order chi connectivity index (χ1) is 10.2. The van der Waals surface area contributed by atoms with E-state index in [9.17, 15) is 26.0 Å². The summed E-state index contributed by atoms with van der Waals surface area (Å²) < 4.78 is 78.1. The molecule has 1 fully saturated rings. The van der Waals surface area contributed by atoms with E-state index in [2.05, 4.69) is 10.0 Å². The molecule has 1 aromatic carbocycles. The van der Waals surface area contributed by atoms with Crippen molar-refractivity contribution in [3.8, 4) is 0 Å². The first-order valence-electron chi connectivity index (χ1n) is 6.77. The molecule has 0 bridgehead atoms. The van der Waals surface area contributed by atoms with Crippen LogP contribution < -0.4 is 10.0 Å². The quantitative estimate of drug-likeness (QED) is 0.794. The van der Waals surface area contributed by atoms with Gasteiger partial charge in [0.15, 0.2) is 0 Å². The van der Waals surface area contributed by atoms with E-state index in [1.54, 1.807) is 0 Å². The Hall–Kier alpha value is -0.900. The predicted octanol–water partition coefficient (Wildman–Crippen LogP) is 2.54. The van der Waals surface area contributed by atoms with E-state index in [1.165, 1.54) is 0 Å². The van der Waals surface area contributed by atoms with E-state index < -0.39 is 32.5 Å². The largest absolute Gasteiger partial charge is 0.417 e. The molecule has 0 spiro atoms. The Labute approximate surface area is 138 Å². The molecule has 1 unspecified atom stereocenters. The van der Waals surface area contributed by atoms with Crippen LogP contribution in [0.4, 0.5) is 17.6 Å². The highest BCUT2D eigenvalue weighted by molar-refractivity contribution is 7.89. The van der Waals surface area contributed by atoms with Crippen molar-refractivity contribution in [2.75, 3.05) is 19.6 Å². The number of hydrogen-bond donors (Lipinski definition) is 2. The maximum absolute atomic E-state index is 13.0. The first kappa shape index (κ1) is 20.1. The summed E-state index contributed by atoms with van der Waals surface area (Å²) in [6.45, 7) is 1.50. The van der Waals surface area contributed by atoms with Gasteiger partial charge in [-0.25, -0.2) is 17.5 Å². The summed E-state index contributed by atoms with van der Waals surface area (Å²) >= 11 is 0. The Kier molecular flexibility index (Phi) is 6.81. The highest BCUT2D eigenvalue weighted by Gasteiger charge is 2.37. The highest BCUT2D eigenvalue weighted by atomic mass is 35.5. The Bertz CT molecular complexity index is 631. The molecule has 132 valence electrons. The molecule has 4 nitrogen and oxygen atoms in total. The van der Waals surface area contributed by atoms with Crippen molar-refractivity contribution >= 4 is 22.4 Å². The van der Waals surface area contributed by atoms with Crippen molar-refractivity contribution in [1.29, 1.82) is 0 Å². The molecular weight excluding hydrogens is 360 g/mol. The van der Waals surface area contributed by atoms with Crippen molar-refractivity contribution in [1.82, 2.24) is 10.0 Å². The second kappa shape index (κ2) is 7.78. The SMILES string of the molecule is Cl.O=S(=O)(NCC1CCCNC1)c1ccc(F)cc1C(F)(F)F. The summed E-state index contributed by atoms with van der Waals surface area (Å²) in [6.07, 6.45) is -3.26. The summed E-state index contributed by atoms with van der Waals surface area (Å²) in [6, 6.07) is 1.53. The number of halogens is 5. The number of alkyl halides is 3. The molecule has 1 saturated heterocycles. The molecule has 1 atom stereocenters. The fourth-order valence-corrected chi connectivity index (χ4v) is 3.68. The van der Waals surface area contributed by atoms with Crippen LogP contribution in [-0.4, -0.2) is 28.1 Å². The topological polar surface area (TPSA) is 58.2 Å². The van der Waals surface area contributed by atoms with Gasteiger partial charge in [0.2, 0.25) is 10.0 Å². The van der Waals surface area contributed by atoms with Gasteiger partial charge in [0.05, 0.1) is 10.5 Å². The lowest BCUT2D eigenvalue weighted by Gasteiger charge is -2.23. The molecule has 2 N–H and O–H groups in total. The minimum Gasteiger partial charge on any atom is -0.316 e. The van der Waals surface area contributed by atoms with Gasteiger partial charge in [0, 0.05) is 6.54 Å². The molecule has 1 aromatic rings. The van der Waals surface area contributed by atoms with Gasteiger partial charge in [-0.1, -0.05) is 0 Å². The summed E-state index contributed by atoms with van der Waals surface area (Å²) in [5.41, 5.74) is -1.50. The van der Waals surface area contributed by atoms with E-state index in [0.717, 1.165) is 19.4 Å². The molecule has 1 aliphatic rings. The monoisotopic (exact) mass is 376 g/mol. The van der Waals surface area contributed by atoms with Crippen LogP contribution in [0.5, 0.6) is 0 Å². The minimum absolute atomic E-state index is 0. The van der Waals surface area contributed by atoms with Crippen molar-refractivity contribution in [3.63, 3.8) is 0 Å². The van der Waals surface area contributed by atoms with Gasteiger partial charge < -0.3 is 5.32 Å². The van der Waals surface area contributed by atoms with Crippen molar-refractivity contribution in [2.45, 2.75) is 23.9 Å². The number of benzene rings is 1. The number of sulfonamides is 1. The van der Waals surface area contributed by atoms with Crippen LogP contribution in [0.3, 0.4) is 0 Å². The zero-order chi connectivity index (χ0) is 16.4. The average molecular weight is 377 g/mol. The van der Waals surface area contributed by atoms with Gasteiger partial charge in [0.25, 0.3) is 0 Å². The molecule has 0 radical (unpaired) electrons. The Morgan fingerprint density at radius 2 is 2.00 bits per heavy atom. The maximum Gasteiger partial charge on any atom is 0.417 e. The lowest BCUT2D eigenvalue weighted by Crippen LogP contribution is -2.38. The fraction of sp³-hybridized carbons (Fsp3) is 0.538. The van der Waals surface area contributed by atoms with E-state index in [1.807, 2.05) is 0 Å². The molecule has 0 aliphatic carbocycles.